The lowest BCUT2D eigenvalue weighted by Crippen LogP contribution is -2.68. The summed E-state index contributed by atoms with van der Waals surface area (Å²) < 4.78 is 20.7. The number of benzene rings is 1. The summed E-state index contributed by atoms with van der Waals surface area (Å²) in [5.74, 6) is 0.581. The Morgan fingerprint density at radius 3 is 2.68 bits per heavy atom. The lowest BCUT2D eigenvalue weighted by atomic mass is 9.51. The van der Waals surface area contributed by atoms with Gasteiger partial charge in [-0.15, -0.1) is 0 Å². The monoisotopic (exact) mass is 432 g/mol. The molecule has 1 heterocycles. The van der Waals surface area contributed by atoms with Crippen molar-refractivity contribution in [1.29, 1.82) is 0 Å². The molecule has 172 valence electrons. The van der Waals surface area contributed by atoms with Crippen LogP contribution in [0.2, 0.25) is 0 Å². The summed E-state index contributed by atoms with van der Waals surface area (Å²) in [5.41, 5.74) is 1.74. The molecule has 0 aromatic heterocycles. The van der Waals surface area contributed by atoms with Crippen LogP contribution in [0.3, 0.4) is 0 Å². The third kappa shape index (κ3) is 4.67. The highest BCUT2D eigenvalue weighted by Crippen LogP contribution is 2.57. The van der Waals surface area contributed by atoms with Gasteiger partial charge in [-0.25, -0.2) is 9.38 Å². The highest BCUT2D eigenvalue weighted by atomic mass is 19.1. The van der Waals surface area contributed by atoms with Gasteiger partial charge >= 0.3 is 0 Å². The molecule has 2 unspecified atom stereocenters. The maximum Gasteiger partial charge on any atom is 0.191 e. The van der Waals surface area contributed by atoms with Crippen molar-refractivity contribution in [2.75, 3.05) is 31.1 Å². The molecule has 0 bridgehead atoms. The van der Waals surface area contributed by atoms with Crippen LogP contribution in [0.1, 0.15) is 57.9 Å². The summed E-state index contributed by atoms with van der Waals surface area (Å²) >= 11 is 0. The van der Waals surface area contributed by atoms with Gasteiger partial charge in [0.25, 0.3) is 0 Å². The first kappa shape index (κ1) is 22.3. The number of hydrogen-bond acceptors (Lipinski definition) is 4. The summed E-state index contributed by atoms with van der Waals surface area (Å²) in [7, 11) is 0. The zero-order valence-electron chi connectivity index (χ0n) is 18.9. The average molecular weight is 433 g/mol. The van der Waals surface area contributed by atoms with E-state index in [1.54, 1.807) is 6.07 Å². The van der Waals surface area contributed by atoms with Crippen molar-refractivity contribution in [2.45, 2.75) is 77.2 Å². The largest absolute Gasteiger partial charge is 0.393 e. The van der Waals surface area contributed by atoms with Crippen molar-refractivity contribution in [2.24, 2.45) is 10.4 Å². The van der Waals surface area contributed by atoms with Crippen LogP contribution < -0.4 is 15.5 Å². The topological polar surface area (TPSA) is 69.1 Å². The van der Waals surface area contributed by atoms with E-state index >= 15 is 0 Å². The minimum absolute atomic E-state index is 0.214. The molecule has 31 heavy (non-hydrogen) atoms. The van der Waals surface area contributed by atoms with Crippen molar-refractivity contribution in [3.63, 3.8) is 0 Å². The van der Waals surface area contributed by atoms with Gasteiger partial charge in [-0.2, -0.15) is 0 Å². The van der Waals surface area contributed by atoms with Crippen molar-refractivity contribution in [3.05, 3.63) is 29.6 Å². The van der Waals surface area contributed by atoms with Crippen LogP contribution in [-0.4, -0.2) is 55.6 Å². The first-order valence-corrected chi connectivity index (χ1v) is 11.9. The summed E-state index contributed by atoms with van der Waals surface area (Å²) in [4.78, 5) is 6.75. The first-order valence-electron chi connectivity index (χ1n) is 11.9. The Morgan fingerprint density at radius 1 is 1.29 bits per heavy atom. The molecular formula is C24H37FN4O2. The molecule has 1 saturated heterocycles. The molecule has 2 saturated carbocycles. The van der Waals surface area contributed by atoms with Crippen LogP contribution in [0.25, 0.3) is 0 Å². The molecule has 3 fully saturated rings. The third-order valence-electron chi connectivity index (χ3n) is 7.33. The molecular weight excluding hydrogens is 395 g/mol. The molecule has 7 heteroatoms. The maximum atomic E-state index is 14.8. The standard InChI is InChI=1S/C24H37FN4O2/c1-3-26-23(28-21-15-22(31-4-2)24(21)10-5-11-24)27-16-17-6-7-20(19(25)14-17)29-12-8-18(30)9-13-29/h6-7,14,18,21-22,30H,3-5,8-13,15-16H2,1-2H3,(H2,26,27,28). The lowest BCUT2D eigenvalue weighted by Gasteiger charge is -2.61. The van der Waals surface area contributed by atoms with E-state index in [1.807, 2.05) is 17.0 Å². The van der Waals surface area contributed by atoms with E-state index in [0.29, 0.717) is 50.3 Å². The molecule has 6 nitrogen and oxygen atoms in total. The number of halogens is 1. The van der Waals surface area contributed by atoms with E-state index < -0.39 is 0 Å². The number of anilines is 1. The van der Waals surface area contributed by atoms with Crippen molar-refractivity contribution < 1.29 is 14.2 Å². The Bertz CT molecular complexity index is 775. The summed E-state index contributed by atoms with van der Waals surface area (Å²) in [6, 6.07) is 5.79. The van der Waals surface area contributed by atoms with E-state index in [-0.39, 0.29) is 17.3 Å². The number of nitrogens with one attached hydrogen (secondary N) is 2. The highest BCUT2D eigenvalue weighted by molar-refractivity contribution is 5.80. The normalized spacial score (nSPS) is 25.8. The van der Waals surface area contributed by atoms with Crippen LogP contribution in [0.4, 0.5) is 10.1 Å². The maximum absolute atomic E-state index is 14.8. The number of guanidine groups is 1. The first-order chi connectivity index (χ1) is 15.1. The smallest absolute Gasteiger partial charge is 0.191 e. The molecule has 2 aliphatic carbocycles. The SMILES string of the molecule is CCNC(=NCc1ccc(N2CCC(O)CC2)c(F)c1)NC1CC(OCC)C12CCC2. The van der Waals surface area contributed by atoms with Crippen LogP contribution in [0, 0.1) is 11.2 Å². The fourth-order valence-corrected chi connectivity index (χ4v) is 5.31. The summed E-state index contributed by atoms with van der Waals surface area (Å²) in [5, 5.41) is 16.6. The Morgan fingerprint density at radius 2 is 2.06 bits per heavy atom. The number of aliphatic imine (C=N–C) groups is 1. The predicted molar refractivity (Wildman–Crippen MR) is 122 cm³/mol. The van der Waals surface area contributed by atoms with E-state index in [1.165, 1.54) is 19.3 Å². The molecule has 1 spiro atoms. The van der Waals surface area contributed by atoms with E-state index in [4.69, 9.17) is 9.73 Å². The van der Waals surface area contributed by atoms with E-state index in [0.717, 1.165) is 31.1 Å². The van der Waals surface area contributed by atoms with Gasteiger partial charge in [-0.3, -0.25) is 0 Å². The fourth-order valence-electron chi connectivity index (χ4n) is 5.31. The van der Waals surface area contributed by atoms with Gasteiger partial charge in [0.15, 0.2) is 5.96 Å². The average Bonchev–Trinajstić information content (AvgIpc) is 2.71. The number of rotatable bonds is 7. The molecule has 0 amide bonds. The minimum Gasteiger partial charge on any atom is -0.393 e. The number of piperidine rings is 1. The van der Waals surface area contributed by atoms with E-state index in [9.17, 15) is 9.50 Å². The molecule has 1 aromatic rings. The predicted octanol–water partition coefficient (Wildman–Crippen LogP) is 3.19. The summed E-state index contributed by atoms with van der Waals surface area (Å²) in [6.45, 7) is 7.50. The Kier molecular flexibility index (Phi) is 7.02. The van der Waals surface area contributed by atoms with Crippen molar-refractivity contribution in [1.82, 2.24) is 10.6 Å². The Balaban J connectivity index is 1.38. The molecule has 1 aliphatic heterocycles. The molecule has 2 atom stereocenters. The minimum atomic E-state index is -0.261. The van der Waals surface area contributed by atoms with Gasteiger partial charge in [0.05, 0.1) is 24.4 Å². The second-order valence-corrected chi connectivity index (χ2v) is 9.16. The zero-order valence-corrected chi connectivity index (χ0v) is 18.9. The van der Waals surface area contributed by atoms with Gasteiger partial charge < -0.3 is 25.4 Å². The Hall–Kier alpha value is -1.86. The van der Waals surface area contributed by atoms with Gasteiger partial charge in [0.2, 0.25) is 0 Å². The third-order valence-corrected chi connectivity index (χ3v) is 7.33. The van der Waals surface area contributed by atoms with Gasteiger partial charge in [-0.05, 0) is 63.6 Å². The molecule has 0 radical (unpaired) electrons. The second-order valence-electron chi connectivity index (χ2n) is 9.16. The van der Waals surface area contributed by atoms with Gasteiger partial charge in [0.1, 0.15) is 5.82 Å². The number of ether oxygens (including phenoxy) is 1. The van der Waals surface area contributed by atoms with Gasteiger partial charge in [-0.1, -0.05) is 12.5 Å². The fraction of sp³-hybridized carbons (Fsp3) is 0.708. The molecule has 4 rings (SSSR count). The van der Waals surface area contributed by atoms with Crippen LogP contribution in [0.5, 0.6) is 0 Å². The van der Waals surface area contributed by atoms with Crippen LogP contribution in [0.15, 0.2) is 23.2 Å². The van der Waals surface area contributed by atoms with E-state index in [2.05, 4.69) is 24.5 Å². The van der Waals surface area contributed by atoms with Crippen LogP contribution in [-0.2, 0) is 11.3 Å². The highest BCUT2D eigenvalue weighted by Gasteiger charge is 2.59. The molecule has 3 N–H and O–H groups in total. The Labute approximate surface area is 185 Å². The number of hydrogen-bond donors (Lipinski definition) is 3. The second kappa shape index (κ2) is 9.74. The van der Waals surface area contributed by atoms with Gasteiger partial charge in [0, 0.05) is 37.7 Å². The quantitative estimate of drug-likeness (QED) is 0.456. The lowest BCUT2D eigenvalue weighted by molar-refractivity contribution is -0.168. The van der Waals surface area contributed by atoms with Crippen molar-refractivity contribution >= 4 is 11.6 Å². The number of aliphatic hydroxyl groups is 1. The number of nitrogens with zero attached hydrogens (tertiary/aromatic N) is 2. The van der Waals surface area contributed by atoms with Crippen molar-refractivity contribution in [3.8, 4) is 0 Å². The summed E-state index contributed by atoms with van der Waals surface area (Å²) in [6.07, 6.45) is 6.21. The zero-order chi connectivity index (χ0) is 21.8. The molecule has 1 aromatic carbocycles. The van der Waals surface area contributed by atoms with Crippen LogP contribution >= 0.6 is 0 Å². The molecule has 3 aliphatic rings. The number of aliphatic hydroxyl groups excluding tert-OH is 1.